The summed E-state index contributed by atoms with van der Waals surface area (Å²) < 4.78 is 25.2. The highest BCUT2D eigenvalue weighted by Gasteiger charge is 2.60. The van der Waals surface area contributed by atoms with Crippen LogP contribution in [0.3, 0.4) is 0 Å². The number of carbonyl (C=O) groups excluding carboxylic acids is 1. The normalized spacial score (nSPS) is 26.3. The second kappa shape index (κ2) is 8.94. The number of hydrogen-bond acceptors (Lipinski definition) is 5. The number of nitrogens with zero attached hydrogens (tertiary/aromatic N) is 1. The molecule has 1 aromatic carbocycles. The molecule has 0 bridgehead atoms. The molecule has 1 aliphatic heterocycles. The largest absolute Gasteiger partial charge is 0.493 e. The van der Waals surface area contributed by atoms with Crippen molar-refractivity contribution in [1.29, 1.82) is 0 Å². The minimum absolute atomic E-state index is 0.0720. The van der Waals surface area contributed by atoms with Gasteiger partial charge in [-0.2, -0.15) is 0 Å². The van der Waals surface area contributed by atoms with E-state index in [1.54, 1.807) is 12.0 Å². The number of benzene rings is 1. The third kappa shape index (κ3) is 4.49. The molecule has 2 aliphatic carbocycles. The summed E-state index contributed by atoms with van der Waals surface area (Å²) in [6.07, 6.45) is 8.92. The number of amides is 1. The minimum atomic E-state index is -2.08. The highest BCUT2D eigenvalue weighted by molar-refractivity contribution is 6.74. The zero-order valence-corrected chi connectivity index (χ0v) is 24.6. The topological polar surface area (TPSA) is 57.2 Å². The highest BCUT2D eigenvalue weighted by atomic mass is 28.4. The monoisotopic (exact) mass is 513 g/mol. The molecule has 6 nitrogen and oxygen atoms in total. The maximum atomic E-state index is 12.8. The summed E-state index contributed by atoms with van der Waals surface area (Å²) in [7, 11) is 1.41. The molecule has 198 valence electrons. The molecule has 1 heterocycles. The van der Waals surface area contributed by atoms with E-state index < -0.39 is 13.9 Å². The van der Waals surface area contributed by atoms with E-state index in [1.165, 1.54) is 5.56 Å². The Labute approximate surface area is 217 Å². The van der Waals surface area contributed by atoms with Crippen LogP contribution < -0.4 is 9.47 Å². The molecule has 0 N–H and O–H groups in total. The van der Waals surface area contributed by atoms with Crippen molar-refractivity contribution >= 4 is 20.5 Å². The van der Waals surface area contributed by atoms with Gasteiger partial charge >= 0.3 is 6.09 Å². The standard InChI is InChI=1S/C29H43NO5Si/c1-27(2,3)34-26(31)30(7)18-17-29-20-13-11-19-12-15-21(32-8)24(23(19)29)33-25(29)22(16-14-20)35-36(9,10)28(4,5)6/h11-16,20,22,25H,17-18H2,1-10H3/t20-,22-,25+,29+/m0/s1. The Morgan fingerprint density at radius 1 is 1.11 bits per heavy atom. The van der Waals surface area contributed by atoms with Crippen LogP contribution in [0.5, 0.6) is 11.5 Å². The fourth-order valence-electron chi connectivity index (χ4n) is 5.35. The average molecular weight is 514 g/mol. The number of allylic oxidation sites excluding steroid dienone is 2. The Bertz CT molecular complexity index is 1080. The average Bonchev–Trinajstić information content (AvgIpc) is 3.12. The van der Waals surface area contributed by atoms with Gasteiger partial charge in [0.05, 0.1) is 12.5 Å². The maximum Gasteiger partial charge on any atom is 0.410 e. The van der Waals surface area contributed by atoms with Gasteiger partial charge in [0, 0.05) is 25.1 Å². The number of methoxy groups -OCH3 is 1. The molecule has 4 atom stereocenters. The van der Waals surface area contributed by atoms with E-state index in [-0.39, 0.29) is 34.7 Å². The van der Waals surface area contributed by atoms with Gasteiger partial charge in [-0.3, -0.25) is 0 Å². The summed E-state index contributed by atoms with van der Waals surface area (Å²) in [5.41, 5.74) is 1.41. The number of carbonyl (C=O) groups is 1. The lowest BCUT2D eigenvalue weighted by molar-refractivity contribution is 0.00671. The van der Waals surface area contributed by atoms with Gasteiger partial charge in [-0.25, -0.2) is 4.79 Å². The molecule has 0 saturated carbocycles. The molecule has 0 radical (unpaired) electrons. The Morgan fingerprint density at radius 2 is 1.81 bits per heavy atom. The van der Waals surface area contributed by atoms with Crippen molar-refractivity contribution in [1.82, 2.24) is 4.90 Å². The third-order valence-electron chi connectivity index (χ3n) is 8.28. The van der Waals surface area contributed by atoms with E-state index in [1.807, 2.05) is 33.9 Å². The van der Waals surface area contributed by atoms with E-state index in [9.17, 15) is 4.79 Å². The van der Waals surface area contributed by atoms with Crippen LogP contribution in [-0.4, -0.2) is 57.8 Å². The molecule has 0 aromatic heterocycles. The molecular weight excluding hydrogens is 470 g/mol. The van der Waals surface area contributed by atoms with Crippen LogP contribution in [-0.2, 0) is 14.6 Å². The summed E-state index contributed by atoms with van der Waals surface area (Å²) in [6, 6.07) is 4.09. The van der Waals surface area contributed by atoms with E-state index in [0.29, 0.717) is 6.54 Å². The van der Waals surface area contributed by atoms with Crippen molar-refractivity contribution in [2.75, 3.05) is 20.7 Å². The highest BCUT2D eigenvalue weighted by Crippen LogP contribution is 2.60. The summed E-state index contributed by atoms with van der Waals surface area (Å²) in [4.78, 5) is 14.5. The predicted molar refractivity (Wildman–Crippen MR) is 146 cm³/mol. The second-order valence-corrected chi connectivity index (χ2v) is 17.7. The first kappa shape index (κ1) is 26.8. The molecule has 1 aromatic rings. The van der Waals surface area contributed by atoms with Crippen LogP contribution in [0, 0.1) is 5.92 Å². The molecule has 0 spiro atoms. The Kier molecular flexibility index (Phi) is 6.66. The van der Waals surface area contributed by atoms with Gasteiger partial charge in [-0.05, 0) is 57.0 Å². The summed E-state index contributed by atoms with van der Waals surface area (Å²) in [6.45, 7) is 17.5. The smallest absolute Gasteiger partial charge is 0.410 e. The summed E-state index contributed by atoms with van der Waals surface area (Å²) in [5.74, 6) is 1.68. The van der Waals surface area contributed by atoms with Crippen molar-refractivity contribution in [2.24, 2.45) is 5.92 Å². The lowest BCUT2D eigenvalue weighted by Gasteiger charge is -2.49. The summed E-state index contributed by atoms with van der Waals surface area (Å²) >= 11 is 0. The molecule has 3 aliphatic rings. The minimum Gasteiger partial charge on any atom is -0.493 e. The lowest BCUT2D eigenvalue weighted by atomic mass is 9.59. The molecule has 0 unspecified atom stereocenters. The van der Waals surface area contributed by atoms with Crippen LogP contribution in [0.4, 0.5) is 4.79 Å². The summed E-state index contributed by atoms with van der Waals surface area (Å²) in [5, 5.41) is 0.0720. The van der Waals surface area contributed by atoms with Crippen molar-refractivity contribution in [3.05, 3.63) is 41.5 Å². The molecule has 7 heteroatoms. The van der Waals surface area contributed by atoms with Crippen LogP contribution in [0.25, 0.3) is 6.08 Å². The van der Waals surface area contributed by atoms with Gasteiger partial charge in [0.15, 0.2) is 19.8 Å². The van der Waals surface area contributed by atoms with E-state index in [0.717, 1.165) is 23.5 Å². The number of hydrogen-bond donors (Lipinski definition) is 0. The van der Waals surface area contributed by atoms with Crippen LogP contribution in [0.2, 0.25) is 18.1 Å². The SMILES string of the molecule is COc1ccc2c3c1O[C@@H]1[C@@H](O[Si](C)(C)C(C)(C)C)C=C[C@H](C=C2)[C@]31CCN(C)C(=O)OC(C)(C)C. The molecular formula is C29H43NO5Si. The van der Waals surface area contributed by atoms with E-state index >= 15 is 0 Å². The molecule has 36 heavy (non-hydrogen) atoms. The van der Waals surface area contributed by atoms with Gasteiger partial charge in [0.2, 0.25) is 0 Å². The lowest BCUT2D eigenvalue weighted by Crippen LogP contribution is -2.57. The first-order valence-electron chi connectivity index (χ1n) is 13.0. The van der Waals surface area contributed by atoms with Crippen LogP contribution in [0.15, 0.2) is 30.4 Å². The molecule has 1 amide bonds. The van der Waals surface area contributed by atoms with Crippen LogP contribution >= 0.6 is 0 Å². The van der Waals surface area contributed by atoms with Gasteiger partial charge in [0.1, 0.15) is 17.8 Å². The van der Waals surface area contributed by atoms with Crippen molar-refractivity contribution in [2.45, 2.75) is 89.3 Å². The van der Waals surface area contributed by atoms with Gasteiger partial charge < -0.3 is 23.5 Å². The number of ether oxygens (including phenoxy) is 3. The van der Waals surface area contributed by atoms with Gasteiger partial charge in [-0.1, -0.05) is 51.1 Å². The van der Waals surface area contributed by atoms with Crippen molar-refractivity contribution < 1.29 is 23.4 Å². The molecule has 0 saturated heterocycles. The molecule has 0 fully saturated rings. The second-order valence-electron chi connectivity index (χ2n) is 12.9. The fraction of sp³-hybridized carbons (Fsp3) is 0.621. The van der Waals surface area contributed by atoms with Crippen molar-refractivity contribution in [3.63, 3.8) is 0 Å². The van der Waals surface area contributed by atoms with Crippen LogP contribution in [0.1, 0.15) is 59.1 Å². The number of rotatable bonds is 6. The zero-order chi connectivity index (χ0) is 26.7. The van der Waals surface area contributed by atoms with E-state index in [2.05, 4.69) is 64.2 Å². The van der Waals surface area contributed by atoms with Gasteiger partial charge in [-0.15, -0.1) is 0 Å². The van der Waals surface area contributed by atoms with Crippen molar-refractivity contribution in [3.8, 4) is 11.5 Å². The first-order chi connectivity index (χ1) is 16.6. The fourth-order valence-corrected chi connectivity index (χ4v) is 6.58. The third-order valence-corrected chi connectivity index (χ3v) is 12.8. The quantitative estimate of drug-likeness (QED) is 0.319. The molecule has 4 rings (SSSR count). The predicted octanol–water partition coefficient (Wildman–Crippen LogP) is 6.55. The Morgan fingerprint density at radius 3 is 2.42 bits per heavy atom. The Balaban J connectivity index is 1.75. The zero-order valence-electron chi connectivity index (χ0n) is 23.6. The van der Waals surface area contributed by atoms with E-state index in [4.69, 9.17) is 18.6 Å². The first-order valence-corrected chi connectivity index (χ1v) is 15.9. The maximum absolute atomic E-state index is 12.8. The Hall–Kier alpha value is -2.25. The van der Waals surface area contributed by atoms with Gasteiger partial charge in [0.25, 0.3) is 0 Å².